The van der Waals surface area contributed by atoms with Crippen LogP contribution in [0.3, 0.4) is 0 Å². The van der Waals surface area contributed by atoms with E-state index in [4.69, 9.17) is 9.47 Å². The normalized spacial score (nSPS) is 21.7. The SMILES string of the molecule is COC[C@@](C(=O)N1CCC2(CCNCC2c2ccccc2OC)CC1)(c1ccc(F)cc1)C(F)(F)F. The maximum absolute atomic E-state index is 14.6. The van der Waals surface area contributed by atoms with E-state index in [1.54, 1.807) is 7.11 Å². The number of hydrogen-bond acceptors (Lipinski definition) is 4. The number of amides is 1. The van der Waals surface area contributed by atoms with Crippen LogP contribution in [0.4, 0.5) is 17.6 Å². The quantitative estimate of drug-likeness (QED) is 0.577. The van der Waals surface area contributed by atoms with E-state index in [9.17, 15) is 22.4 Å². The van der Waals surface area contributed by atoms with Crippen molar-refractivity contribution in [2.45, 2.75) is 36.8 Å². The molecule has 0 saturated carbocycles. The van der Waals surface area contributed by atoms with Gasteiger partial charge in [0.25, 0.3) is 0 Å². The predicted octanol–water partition coefficient (Wildman–Crippen LogP) is 4.67. The first kappa shape index (κ1) is 26.4. The van der Waals surface area contributed by atoms with E-state index in [1.165, 1.54) is 4.90 Å². The van der Waals surface area contributed by atoms with Crippen molar-refractivity contribution in [1.29, 1.82) is 0 Å². The van der Waals surface area contributed by atoms with Gasteiger partial charge in [0.2, 0.25) is 5.91 Å². The molecule has 0 bridgehead atoms. The number of carbonyl (C=O) groups excluding carboxylic acids is 1. The summed E-state index contributed by atoms with van der Waals surface area (Å²) in [6.07, 6.45) is -2.92. The van der Waals surface area contributed by atoms with Gasteiger partial charge >= 0.3 is 6.18 Å². The molecular weight excluding hydrogens is 476 g/mol. The second kappa shape index (κ2) is 10.4. The highest BCUT2D eigenvalue weighted by Crippen LogP contribution is 2.51. The molecule has 1 N–H and O–H groups in total. The summed E-state index contributed by atoms with van der Waals surface area (Å²) < 4.78 is 68.0. The van der Waals surface area contributed by atoms with Crippen molar-refractivity contribution >= 4 is 5.91 Å². The van der Waals surface area contributed by atoms with Gasteiger partial charge in [-0.1, -0.05) is 30.3 Å². The summed E-state index contributed by atoms with van der Waals surface area (Å²) in [6.45, 7) is 1.07. The number of methoxy groups -OCH3 is 2. The van der Waals surface area contributed by atoms with Gasteiger partial charge < -0.3 is 19.7 Å². The number of alkyl halides is 3. The summed E-state index contributed by atoms with van der Waals surface area (Å²) in [4.78, 5) is 15.0. The Morgan fingerprint density at radius 3 is 2.33 bits per heavy atom. The zero-order valence-corrected chi connectivity index (χ0v) is 20.5. The Morgan fingerprint density at radius 2 is 1.72 bits per heavy atom. The summed E-state index contributed by atoms with van der Waals surface area (Å²) in [5.41, 5.74) is -2.32. The van der Waals surface area contributed by atoms with Crippen LogP contribution in [-0.4, -0.2) is 64.0 Å². The third-order valence-electron chi connectivity index (χ3n) is 7.99. The highest BCUT2D eigenvalue weighted by atomic mass is 19.4. The molecule has 5 nitrogen and oxygen atoms in total. The van der Waals surface area contributed by atoms with Gasteiger partial charge in [0.1, 0.15) is 11.6 Å². The minimum absolute atomic E-state index is 0.114. The lowest BCUT2D eigenvalue weighted by molar-refractivity contribution is -0.212. The molecule has 2 aliphatic heterocycles. The molecule has 1 spiro atoms. The molecule has 0 radical (unpaired) electrons. The van der Waals surface area contributed by atoms with Gasteiger partial charge in [-0.3, -0.25) is 4.79 Å². The van der Waals surface area contributed by atoms with Gasteiger partial charge in [-0.05, 0) is 60.5 Å². The lowest BCUT2D eigenvalue weighted by Crippen LogP contribution is -2.60. The highest BCUT2D eigenvalue weighted by Gasteiger charge is 2.63. The smallest absolute Gasteiger partial charge is 0.409 e. The number of nitrogens with zero attached hydrogens (tertiary/aromatic N) is 1. The Balaban J connectivity index is 1.63. The monoisotopic (exact) mass is 508 g/mol. The summed E-state index contributed by atoms with van der Waals surface area (Å²) in [6, 6.07) is 11.8. The largest absolute Gasteiger partial charge is 0.496 e. The number of carbonyl (C=O) groups is 1. The zero-order valence-electron chi connectivity index (χ0n) is 20.5. The molecule has 1 unspecified atom stereocenters. The molecular formula is C27H32F4N2O3. The molecule has 1 amide bonds. The van der Waals surface area contributed by atoms with Gasteiger partial charge in [0.15, 0.2) is 5.41 Å². The van der Waals surface area contributed by atoms with Crippen molar-refractivity contribution in [3.05, 3.63) is 65.5 Å². The number of piperidine rings is 2. The lowest BCUT2D eigenvalue weighted by atomic mass is 9.62. The van der Waals surface area contributed by atoms with E-state index in [-0.39, 0.29) is 30.0 Å². The van der Waals surface area contributed by atoms with E-state index in [2.05, 4.69) is 5.32 Å². The average molecular weight is 509 g/mol. The number of nitrogens with one attached hydrogen (secondary N) is 1. The highest BCUT2D eigenvalue weighted by molar-refractivity contribution is 5.89. The molecule has 2 heterocycles. The third kappa shape index (κ3) is 4.59. The molecule has 2 aliphatic rings. The molecule has 0 aromatic heterocycles. The maximum atomic E-state index is 14.6. The van der Waals surface area contributed by atoms with E-state index >= 15 is 0 Å². The number of halogens is 4. The minimum Gasteiger partial charge on any atom is -0.496 e. The van der Waals surface area contributed by atoms with Crippen LogP contribution >= 0.6 is 0 Å². The molecule has 196 valence electrons. The van der Waals surface area contributed by atoms with Crippen molar-refractivity contribution in [1.82, 2.24) is 10.2 Å². The first-order valence-corrected chi connectivity index (χ1v) is 12.1. The fourth-order valence-electron chi connectivity index (χ4n) is 5.98. The molecule has 2 fully saturated rings. The van der Waals surface area contributed by atoms with Crippen molar-refractivity contribution in [2.75, 3.05) is 47.0 Å². The average Bonchev–Trinajstić information content (AvgIpc) is 2.87. The zero-order chi connectivity index (χ0) is 26.0. The molecule has 9 heteroatoms. The van der Waals surface area contributed by atoms with E-state index < -0.39 is 29.9 Å². The number of benzene rings is 2. The molecule has 36 heavy (non-hydrogen) atoms. The van der Waals surface area contributed by atoms with Gasteiger partial charge in [-0.2, -0.15) is 13.2 Å². The second-order valence-corrected chi connectivity index (χ2v) is 9.75. The Hall–Kier alpha value is -2.65. The Morgan fingerprint density at radius 1 is 1.06 bits per heavy atom. The molecule has 2 atom stereocenters. The molecule has 2 aromatic carbocycles. The maximum Gasteiger partial charge on any atom is 0.409 e. The Kier molecular flexibility index (Phi) is 7.61. The van der Waals surface area contributed by atoms with E-state index in [0.29, 0.717) is 12.8 Å². The Labute approximate surface area is 208 Å². The van der Waals surface area contributed by atoms with Crippen LogP contribution in [-0.2, 0) is 14.9 Å². The van der Waals surface area contributed by atoms with Crippen LogP contribution in [0.1, 0.15) is 36.3 Å². The van der Waals surface area contributed by atoms with Crippen molar-refractivity contribution in [2.24, 2.45) is 5.41 Å². The van der Waals surface area contributed by atoms with Gasteiger partial charge in [-0.25, -0.2) is 4.39 Å². The molecule has 0 aliphatic carbocycles. The van der Waals surface area contributed by atoms with Crippen LogP contribution in [0.15, 0.2) is 48.5 Å². The number of hydrogen-bond donors (Lipinski definition) is 1. The number of para-hydroxylation sites is 1. The van der Waals surface area contributed by atoms with E-state index in [1.807, 2.05) is 24.3 Å². The van der Waals surface area contributed by atoms with Crippen LogP contribution in [0, 0.1) is 11.2 Å². The summed E-state index contributed by atoms with van der Waals surface area (Å²) in [7, 11) is 2.76. The van der Waals surface area contributed by atoms with Crippen molar-refractivity contribution in [3.8, 4) is 5.75 Å². The third-order valence-corrected chi connectivity index (χ3v) is 7.99. The lowest BCUT2D eigenvalue weighted by Gasteiger charge is -2.51. The van der Waals surface area contributed by atoms with Crippen LogP contribution in [0.2, 0.25) is 0 Å². The molecule has 4 rings (SSSR count). The fourth-order valence-corrected chi connectivity index (χ4v) is 5.98. The number of likely N-dealkylation sites (tertiary alicyclic amines) is 1. The number of rotatable bonds is 6. The predicted molar refractivity (Wildman–Crippen MR) is 127 cm³/mol. The first-order chi connectivity index (χ1) is 17.2. The van der Waals surface area contributed by atoms with Crippen molar-refractivity contribution in [3.63, 3.8) is 0 Å². The standard InChI is InChI=1S/C27H32F4N2O3/c1-35-18-26(27(29,30)31,19-7-9-20(28)10-8-19)24(34)33-15-12-25(13-16-33)11-14-32-17-22(25)21-5-3-4-6-23(21)36-2/h3-10,22,32H,11-18H2,1-2H3/t22?,26-/m0/s1. The second-order valence-electron chi connectivity index (χ2n) is 9.75. The Bertz CT molecular complexity index is 1050. The van der Waals surface area contributed by atoms with Crippen molar-refractivity contribution < 1.29 is 31.8 Å². The van der Waals surface area contributed by atoms with Crippen LogP contribution in [0.25, 0.3) is 0 Å². The summed E-state index contributed by atoms with van der Waals surface area (Å²) in [5.74, 6) is -0.825. The van der Waals surface area contributed by atoms with Gasteiger partial charge in [0.05, 0.1) is 13.7 Å². The fraction of sp³-hybridized carbons (Fsp3) is 0.519. The van der Waals surface area contributed by atoms with Crippen LogP contribution < -0.4 is 10.1 Å². The first-order valence-electron chi connectivity index (χ1n) is 12.1. The molecule has 2 saturated heterocycles. The van der Waals surface area contributed by atoms with Crippen LogP contribution in [0.5, 0.6) is 5.75 Å². The summed E-state index contributed by atoms with van der Waals surface area (Å²) in [5, 5.41) is 3.45. The summed E-state index contributed by atoms with van der Waals surface area (Å²) >= 11 is 0. The van der Waals surface area contributed by atoms with Gasteiger partial charge in [0, 0.05) is 32.7 Å². The minimum atomic E-state index is -4.93. The van der Waals surface area contributed by atoms with Gasteiger partial charge in [-0.15, -0.1) is 0 Å². The number of ether oxygens (including phenoxy) is 2. The van der Waals surface area contributed by atoms with E-state index in [0.717, 1.165) is 62.2 Å². The molecule has 2 aromatic rings. The topological polar surface area (TPSA) is 50.8 Å².